The van der Waals surface area contributed by atoms with E-state index in [2.05, 4.69) is 6.07 Å². The van der Waals surface area contributed by atoms with Gasteiger partial charge in [0.1, 0.15) is 12.2 Å². The second-order valence-electron chi connectivity index (χ2n) is 9.35. The molecule has 33 heavy (non-hydrogen) atoms. The number of hydrogen-bond acceptors (Lipinski definition) is 6. The van der Waals surface area contributed by atoms with Crippen LogP contribution < -0.4 is 14.2 Å². The molecular formula is C27H30O6. The van der Waals surface area contributed by atoms with Gasteiger partial charge in [-0.3, -0.25) is 9.59 Å². The smallest absolute Gasteiger partial charge is 0.309 e. The number of esters is 1. The number of hydrogen-bond donors (Lipinski definition) is 0. The Morgan fingerprint density at radius 1 is 0.970 bits per heavy atom. The summed E-state index contributed by atoms with van der Waals surface area (Å²) in [7, 11) is 3.18. The van der Waals surface area contributed by atoms with E-state index in [1.54, 1.807) is 14.2 Å². The molecule has 3 aliphatic carbocycles. The number of aryl methyl sites for hydroxylation is 1. The van der Waals surface area contributed by atoms with Crippen molar-refractivity contribution in [3.8, 4) is 28.4 Å². The van der Waals surface area contributed by atoms with Crippen molar-refractivity contribution in [1.29, 1.82) is 0 Å². The molecular weight excluding hydrogens is 420 g/mol. The summed E-state index contributed by atoms with van der Waals surface area (Å²) in [5.74, 6) is 1.77. The summed E-state index contributed by atoms with van der Waals surface area (Å²) in [5, 5.41) is 0. The van der Waals surface area contributed by atoms with Crippen LogP contribution >= 0.6 is 0 Å². The third kappa shape index (κ3) is 4.19. The topological polar surface area (TPSA) is 71.1 Å². The zero-order chi connectivity index (χ0) is 23.0. The van der Waals surface area contributed by atoms with Crippen LogP contribution in [0.3, 0.4) is 0 Å². The fourth-order valence-corrected chi connectivity index (χ4v) is 4.97. The molecule has 0 amide bonds. The van der Waals surface area contributed by atoms with Crippen LogP contribution in [0.1, 0.15) is 60.9 Å². The van der Waals surface area contributed by atoms with Crippen LogP contribution in [0.4, 0.5) is 0 Å². The minimum Gasteiger partial charge on any atom is -0.493 e. The predicted molar refractivity (Wildman–Crippen MR) is 123 cm³/mol. The monoisotopic (exact) mass is 450 g/mol. The van der Waals surface area contributed by atoms with Gasteiger partial charge in [0.15, 0.2) is 17.3 Å². The fraction of sp³-hybridized carbons (Fsp3) is 0.481. The minimum absolute atomic E-state index is 0.0264. The van der Waals surface area contributed by atoms with Crippen molar-refractivity contribution in [1.82, 2.24) is 0 Å². The van der Waals surface area contributed by atoms with Gasteiger partial charge >= 0.3 is 5.97 Å². The van der Waals surface area contributed by atoms with Gasteiger partial charge in [0.25, 0.3) is 0 Å². The molecule has 3 aliphatic rings. The number of benzene rings is 2. The molecule has 0 aromatic heterocycles. The first-order valence-corrected chi connectivity index (χ1v) is 11.8. The van der Waals surface area contributed by atoms with E-state index >= 15 is 0 Å². The van der Waals surface area contributed by atoms with Gasteiger partial charge in [-0.05, 0) is 55.4 Å². The molecule has 0 atom stereocenters. The van der Waals surface area contributed by atoms with Gasteiger partial charge in [0, 0.05) is 17.5 Å². The zero-order valence-electron chi connectivity index (χ0n) is 19.3. The van der Waals surface area contributed by atoms with Gasteiger partial charge in [-0.15, -0.1) is 0 Å². The lowest BCUT2D eigenvalue weighted by Crippen LogP contribution is -2.30. The van der Waals surface area contributed by atoms with Crippen molar-refractivity contribution in [3.63, 3.8) is 0 Å². The van der Waals surface area contributed by atoms with Crippen LogP contribution in [0.15, 0.2) is 30.3 Å². The van der Waals surface area contributed by atoms with E-state index in [1.165, 1.54) is 0 Å². The molecule has 2 aromatic rings. The number of methoxy groups -OCH3 is 2. The predicted octanol–water partition coefficient (Wildman–Crippen LogP) is 5.14. The third-order valence-corrected chi connectivity index (χ3v) is 7.13. The standard InChI is InChI=1S/C27H30O6/c1-30-23-12-10-21(19-7-9-20-18(15-19)8-11-22(20)28)24(25(23)31-2)32-16-27(13-14-27)33-26(29)17-5-3-4-6-17/h7,9-10,12,15,17H,3-6,8,11,13-14,16H2,1-2H3. The summed E-state index contributed by atoms with van der Waals surface area (Å²) in [4.78, 5) is 24.7. The van der Waals surface area contributed by atoms with Gasteiger partial charge in [-0.25, -0.2) is 0 Å². The Hall–Kier alpha value is -3.02. The van der Waals surface area contributed by atoms with Crippen LogP contribution in [0.25, 0.3) is 11.1 Å². The molecule has 0 radical (unpaired) electrons. The summed E-state index contributed by atoms with van der Waals surface area (Å²) in [5.41, 5.74) is 3.11. The quantitative estimate of drug-likeness (QED) is 0.519. The van der Waals surface area contributed by atoms with Gasteiger partial charge in [0.2, 0.25) is 5.75 Å². The molecule has 0 aliphatic heterocycles. The molecule has 0 bridgehead atoms. The molecule has 2 aromatic carbocycles. The highest BCUT2D eigenvalue weighted by Crippen LogP contribution is 2.48. The van der Waals surface area contributed by atoms with E-state index in [1.807, 2.05) is 24.3 Å². The van der Waals surface area contributed by atoms with Crippen molar-refractivity contribution in [3.05, 3.63) is 41.5 Å². The lowest BCUT2D eigenvalue weighted by molar-refractivity contribution is -0.157. The molecule has 0 N–H and O–H groups in total. The lowest BCUT2D eigenvalue weighted by atomic mass is 9.99. The molecule has 6 nitrogen and oxygen atoms in total. The Kier molecular flexibility index (Phi) is 5.77. The number of ketones is 1. The van der Waals surface area contributed by atoms with Crippen LogP contribution in [-0.2, 0) is 16.0 Å². The van der Waals surface area contributed by atoms with Crippen LogP contribution in [0.2, 0.25) is 0 Å². The zero-order valence-corrected chi connectivity index (χ0v) is 19.3. The second-order valence-corrected chi connectivity index (χ2v) is 9.35. The van der Waals surface area contributed by atoms with E-state index in [4.69, 9.17) is 18.9 Å². The molecule has 0 heterocycles. The van der Waals surface area contributed by atoms with Crippen molar-refractivity contribution >= 4 is 11.8 Å². The average Bonchev–Trinajstić information content (AvgIpc) is 3.22. The average molecular weight is 451 g/mol. The summed E-state index contributed by atoms with van der Waals surface area (Å²) in [6.07, 6.45) is 6.95. The minimum atomic E-state index is -0.560. The maximum absolute atomic E-state index is 12.6. The van der Waals surface area contributed by atoms with Gasteiger partial charge in [-0.1, -0.05) is 31.0 Å². The molecule has 6 heteroatoms. The van der Waals surface area contributed by atoms with E-state index < -0.39 is 5.60 Å². The maximum atomic E-state index is 12.6. The molecule has 0 spiro atoms. The SMILES string of the molecule is COc1ccc(-c2ccc3c(c2)CCC3=O)c(OCC2(OC(=O)C3CCCC3)CC2)c1OC. The third-order valence-electron chi connectivity index (χ3n) is 7.13. The number of fused-ring (bicyclic) bond motifs is 1. The van der Waals surface area contributed by atoms with Crippen LogP contribution in [0, 0.1) is 5.92 Å². The summed E-state index contributed by atoms with van der Waals surface area (Å²) in [6, 6.07) is 9.70. The molecule has 174 valence electrons. The molecule has 0 saturated heterocycles. The van der Waals surface area contributed by atoms with E-state index in [9.17, 15) is 9.59 Å². The number of carbonyl (C=O) groups is 2. The number of carbonyl (C=O) groups excluding carboxylic acids is 2. The lowest BCUT2D eigenvalue weighted by Gasteiger charge is -2.22. The fourth-order valence-electron chi connectivity index (χ4n) is 4.97. The van der Waals surface area contributed by atoms with Gasteiger partial charge < -0.3 is 18.9 Å². The van der Waals surface area contributed by atoms with Crippen LogP contribution in [-0.4, -0.2) is 38.2 Å². The Bertz CT molecular complexity index is 1080. The number of Topliss-reactive ketones (excluding diaryl/α,β-unsaturated/α-hetero) is 1. The van der Waals surface area contributed by atoms with Crippen molar-refractivity contribution in [2.45, 2.75) is 57.0 Å². The Morgan fingerprint density at radius 3 is 2.42 bits per heavy atom. The van der Waals surface area contributed by atoms with E-state index in [0.29, 0.717) is 23.7 Å². The Morgan fingerprint density at radius 2 is 1.73 bits per heavy atom. The first-order chi connectivity index (χ1) is 16.0. The normalized spacial score (nSPS) is 18.7. The van der Waals surface area contributed by atoms with Crippen LogP contribution in [0.5, 0.6) is 17.2 Å². The molecule has 0 unspecified atom stereocenters. The highest BCUT2D eigenvalue weighted by Gasteiger charge is 2.49. The molecule has 5 rings (SSSR count). The van der Waals surface area contributed by atoms with Crippen molar-refractivity contribution in [2.24, 2.45) is 5.92 Å². The maximum Gasteiger partial charge on any atom is 0.309 e. The number of ether oxygens (including phenoxy) is 4. The highest BCUT2D eigenvalue weighted by molar-refractivity contribution is 6.01. The first-order valence-electron chi connectivity index (χ1n) is 11.8. The van der Waals surface area contributed by atoms with Crippen molar-refractivity contribution in [2.75, 3.05) is 20.8 Å². The van der Waals surface area contributed by atoms with E-state index in [0.717, 1.165) is 67.2 Å². The summed E-state index contributed by atoms with van der Waals surface area (Å²) in [6.45, 7) is 0.269. The molecule has 2 saturated carbocycles. The van der Waals surface area contributed by atoms with Crippen molar-refractivity contribution < 1.29 is 28.5 Å². The highest BCUT2D eigenvalue weighted by atomic mass is 16.6. The Labute approximate surface area is 194 Å². The number of rotatable bonds is 8. The Balaban J connectivity index is 1.42. The summed E-state index contributed by atoms with van der Waals surface area (Å²) >= 11 is 0. The van der Waals surface area contributed by atoms with Gasteiger partial charge in [0.05, 0.1) is 20.1 Å². The first kappa shape index (κ1) is 21.8. The molecule has 2 fully saturated rings. The van der Waals surface area contributed by atoms with E-state index in [-0.39, 0.29) is 24.3 Å². The van der Waals surface area contributed by atoms with Gasteiger partial charge in [-0.2, -0.15) is 0 Å². The second kappa shape index (κ2) is 8.73. The largest absolute Gasteiger partial charge is 0.493 e. The summed E-state index contributed by atoms with van der Waals surface area (Å²) < 4.78 is 23.4.